The quantitative estimate of drug-likeness (QED) is 0.805. The van der Waals surface area contributed by atoms with Gasteiger partial charge in [0, 0.05) is 12.1 Å². The lowest BCUT2D eigenvalue weighted by molar-refractivity contribution is 0.419. The molecule has 0 aliphatic carbocycles. The van der Waals surface area contributed by atoms with Gasteiger partial charge >= 0.3 is 0 Å². The number of aromatic nitrogens is 2. The zero-order chi connectivity index (χ0) is 11.2. The first-order valence-corrected chi connectivity index (χ1v) is 6.27. The normalized spacial score (nSPS) is 25.9. The Balaban J connectivity index is 1.90. The van der Waals surface area contributed by atoms with Crippen LogP contribution in [0.25, 0.3) is 11.3 Å². The maximum Gasteiger partial charge on any atom is 0.0956 e. The number of nitrogens with one attached hydrogen (secondary N) is 1. The minimum Gasteiger partial charge on any atom is -0.323 e. The van der Waals surface area contributed by atoms with Crippen LogP contribution in [-0.4, -0.2) is 22.6 Å². The number of rotatable bonds is 1. The second-order valence-corrected chi connectivity index (χ2v) is 4.97. The molecule has 1 aromatic heterocycles. The fourth-order valence-corrected chi connectivity index (χ4v) is 3.30. The van der Waals surface area contributed by atoms with E-state index >= 15 is 0 Å². The number of hydrogen-bond donors (Lipinski definition) is 1. The molecule has 86 valence electrons. The Kier molecular flexibility index (Phi) is 1.91. The summed E-state index contributed by atoms with van der Waals surface area (Å²) in [5, 5.41) is 3.47. The van der Waals surface area contributed by atoms with Gasteiger partial charge in [0.25, 0.3) is 0 Å². The predicted molar refractivity (Wildman–Crippen MR) is 66.8 cm³/mol. The zero-order valence-electron chi connectivity index (χ0n) is 9.63. The number of imidazole rings is 1. The molecule has 1 fully saturated rings. The summed E-state index contributed by atoms with van der Waals surface area (Å²) in [5.74, 6) is 0.701. The molecule has 0 amide bonds. The van der Waals surface area contributed by atoms with E-state index in [1.54, 1.807) is 0 Å². The standard InChI is InChI=1S/C14H15N3/c1-2-4-12-11(3-1)13-8-16-9-17(13)14(12)10-5-6-15-7-10/h1-4,8-10,14-15H,5-7H2. The van der Waals surface area contributed by atoms with E-state index in [0.717, 1.165) is 13.1 Å². The van der Waals surface area contributed by atoms with Crippen LogP contribution in [0.15, 0.2) is 36.8 Å². The summed E-state index contributed by atoms with van der Waals surface area (Å²) in [6.07, 6.45) is 5.23. The molecule has 17 heavy (non-hydrogen) atoms. The Morgan fingerprint density at radius 2 is 2.24 bits per heavy atom. The highest BCUT2D eigenvalue weighted by Gasteiger charge is 2.35. The highest BCUT2D eigenvalue weighted by Crippen LogP contribution is 2.43. The highest BCUT2D eigenvalue weighted by atomic mass is 15.1. The summed E-state index contributed by atoms with van der Waals surface area (Å²) in [4.78, 5) is 4.31. The second-order valence-electron chi connectivity index (χ2n) is 4.97. The average Bonchev–Trinajstić information content (AvgIpc) is 3.04. The molecule has 2 atom stereocenters. The van der Waals surface area contributed by atoms with Gasteiger partial charge in [-0.05, 0) is 24.4 Å². The number of nitrogens with zero attached hydrogens (tertiary/aromatic N) is 2. The van der Waals surface area contributed by atoms with E-state index in [0.29, 0.717) is 12.0 Å². The minimum atomic E-state index is 0.485. The van der Waals surface area contributed by atoms with Gasteiger partial charge in [0.05, 0.1) is 24.3 Å². The van der Waals surface area contributed by atoms with Crippen molar-refractivity contribution < 1.29 is 0 Å². The van der Waals surface area contributed by atoms with E-state index in [1.807, 2.05) is 12.5 Å². The number of hydrogen-bond acceptors (Lipinski definition) is 2. The summed E-state index contributed by atoms with van der Waals surface area (Å²) in [7, 11) is 0. The fraction of sp³-hybridized carbons (Fsp3) is 0.357. The molecule has 2 aliphatic rings. The number of benzene rings is 1. The second kappa shape index (κ2) is 3.44. The Morgan fingerprint density at radius 1 is 1.29 bits per heavy atom. The van der Waals surface area contributed by atoms with Crippen molar-refractivity contribution in [2.24, 2.45) is 5.92 Å². The van der Waals surface area contributed by atoms with Crippen molar-refractivity contribution in [3.05, 3.63) is 42.4 Å². The summed E-state index contributed by atoms with van der Waals surface area (Å²) in [5.41, 5.74) is 4.11. The molecule has 0 radical (unpaired) electrons. The van der Waals surface area contributed by atoms with E-state index in [4.69, 9.17) is 0 Å². The summed E-state index contributed by atoms with van der Waals surface area (Å²) in [6, 6.07) is 9.23. The fourth-order valence-electron chi connectivity index (χ4n) is 3.30. The molecule has 3 nitrogen and oxygen atoms in total. The molecule has 0 saturated carbocycles. The predicted octanol–water partition coefficient (Wildman–Crippen LogP) is 2.06. The van der Waals surface area contributed by atoms with Crippen molar-refractivity contribution in [2.75, 3.05) is 13.1 Å². The van der Waals surface area contributed by atoms with Crippen LogP contribution < -0.4 is 5.32 Å². The molecular weight excluding hydrogens is 210 g/mol. The Bertz CT molecular complexity index is 552. The van der Waals surface area contributed by atoms with Crippen molar-refractivity contribution in [1.29, 1.82) is 0 Å². The van der Waals surface area contributed by atoms with Gasteiger partial charge in [0.1, 0.15) is 0 Å². The van der Waals surface area contributed by atoms with Crippen LogP contribution in [0.3, 0.4) is 0 Å². The van der Waals surface area contributed by atoms with Crippen LogP contribution in [0.5, 0.6) is 0 Å². The zero-order valence-corrected chi connectivity index (χ0v) is 9.63. The lowest BCUT2D eigenvalue weighted by atomic mass is 9.92. The van der Waals surface area contributed by atoms with Gasteiger partial charge in [-0.15, -0.1) is 0 Å². The molecule has 3 heterocycles. The first kappa shape index (κ1) is 9.42. The third kappa shape index (κ3) is 1.23. The Labute approximate surface area is 100 Å². The molecule has 2 aliphatic heterocycles. The van der Waals surface area contributed by atoms with Crippen molar-refractivity contribution in [3.8, 4) is 11.3 Å². The smallest absolute Gasteiger partial charge is 0.0956 e. The van der Waals surface area contributed by atoms with Crippen molar-refractivity contribution in [1.82, 2.24) is 14.9 Å². The third-order valence-electron chi connectivity index (χ3n) is 4.07. The monoisotopic (exact) mass is 225 g/mol. The van der Waals surface area contributed by atoms with Gasteiger partial charge in [-0.3, -0.25) is 0 Å². The van der Waals surface area contributed by atoms with Gasteiger partial charge < -0.3 is 9.88 Å². The first-order chi connectivity index (χ1) is 8.45. The highest BCUT2D eigenvalue weighted by molar-refractivity contribution is 5.69. The lowest BCUT2D eigenvalue weighted by Gasteiger charge is -2.21. The Morgan fingerprint density at radius 3 is 3.12 bits per heavy atom. The summed E-state index contributed by atoms with van der Waals surface area (Å²) in [6.45, 7) is 2.27. The van der Waals surface area contributed by atoms with E-state index in [1.165, 1.54) is 23.2 Å². The van der Waals surface area contributed by atoms with E-state index in [2.05, 4.69) is 39.1 Å². The molecule has 0 spiro atoms. The van der Waals surface area contributed by atoms with E-state index < -0.39 is 0 Å². The maximum absolute atomic E-state index is 4.31. The van der Waals surface area contributed by atoms with E-state index in [-0.39, 0.29) is 0 Å². The van der Waals surface area contributed by atoms with Gasteiger partial charge in [-0.25, -0.2) is 4.98 Å². The largest absolute Gasteiger partial charge is 0.323 e. The average molecular weight is 225 g/mol. The molecule has 1 aromatic carbocycles. The van der Waals surface area contributed by atoms with E-state index in [9.17, 15) is 0 Å². The van der Waals surface area contributed by atoms with Crippen molar-refractivity contribution >= 4 is 0 Å². The molecule has 3 heteroatoms. The molecule has 2 aromatic rings. The van der Waals surface area contributed by atoms with Gasteiger partial charge in [-0.2, -0.15) is 0 Å². The third-order valence-corrected chi connectivity index (χ3v) is 4.07. The topological polar surface area (TPSA) is 29.9 Å². The van der Waals surface area contributed by atoms with Gasteiger partial charge in [0.15, 0.2) is 0 Å². The van der Waals surface area contributed by atoms with Crippen molar-refractivity contribution in [3.63, 3.8) is 0 Å². The first-order valence-electron chi connectivity index (χ1n) is 6.27. The molecular formula is C14H15N3. The van der Waals surface area contributed by atoms with Crippen LogP contribution >= 0.6 is 0 Å². The summed E-state index contributed by atoms with van der Waals surface area (Å²) < 4.78 is 2.35. The van der Waals surface area contributed by atoms with Crippen LogP contribution in [0, 0.1) is 5.92 Å². The SMILES string of the molecule is c1ccc2c(c1)-c1cncn1C2C1CCNC1. The van der Waals surface area contributed by atoms with Crippen molar-refractivity contribution in [2.45, 2.75) is 12.5 Å². The molecule has 1 saturated heterocycles. The van der Waals surface area contributed by atoms with Gasteiger partial charge in [0.2, 0.25) is 0 Å². The molecule has 1 N–H and O–H groups in total. The maximum atomic E-state index is 4.31. The van der Waals surface area contributed by atoms with Crippen LogP contribution in [-0.2, 0) is 0 Å². The Hall–Kier alpha value is -1.61. The summed E-state index contributed by atoms with van der Waals surface area (Å²) >= 11 is 0. The van der Waals surface area contributed by atoms with Crippen LogP contribution in [0.4, 0.5) is 0 Å². The molecule has 2 unspecified atom stereocenters. The van der Waals surface area contributed by atoms with Crippen LogP contribution in [0.1, 0.15) is 18.0 Å². The van der Waals surface area contributed by atoms with Crippen LogP contribution in [0.2, 0.25) is 0 Å². The number of fused-ring (bicyclic) bond motifs is 3. The lowest BCUT2D eigenvalue weighted by Crippen LogP contribution is -2.19. The molecule has 0 bridgehead atoms. The van der Waals surface area contributed by atoms with Gasteiger partial charge in [-0.1, -0.05) is 24.3 Å². The molecule has 4 rings (SSSR count). The minimum absolute atomic E-state index is 0.485.